The van der Waals surface area contributed by atoms with Crippen LogP contribution in [0.1, 0.15) is 30.6 Å². The highest BCUT2D eigenvalue weighted by Gasteiger charge is 2.42. The number of alkyl halides is 1. The number of likely N-dealkylation sites (tertiary alicyclic amines) is 1. The molecule has 0 bridgehead atoms. The van der Waals surface area contributed by atoms with Gasteiger partial charge in [0, 0.05) is 25.1 Å². The molecular weight excluding hydrogens is 367 g/mol. The van der Waals surface area contributed by atoms with Crippen molar-refractivity contribution < 1.29 is 28.2 Å². The Bertz CT molecular complexity index is 708. The van der Waals surface area contributed by atoms with Crippen LogP contribution in [0.2, 0.25) is 0 Å². The number of morpholine rings is 1. The van der Waals surface area contributed by atoms with Gasteiger partial charge in [0.1, 0.15) is 12.2 Å². The van der Waals surface area contributed by atoms with Crippen LogP contribution in [-0.2, 0) is 9.53 Å². The molecule has 7 nitrogen and oxygen atoms in total. The van der Waals surface area contributed by atoms with Gasteiger partial charge in [-0.1, -0.05) is 0 Å². The van der Waals surface area contributed by atoms with Gasteiger partial charge < -0.3 is 24.0 Å². The van der Waals surface area contributed by atoms with Crippen molar-refractivity contribution in [3.63, 3.8) is 0 Å². The summed E-state index contributed by atoms with van der Waals surface area (Å²) < 4.78 is 30.5. The van der Waals surface area contributed by atoms with E-state index in [-0.39, 0.29) is 24.8 Å². The van der Waals surface area contributed by atoms with Crippen molar-refractivity contribution in [2.45, 2.75) is 32.5 Å². The molecule has 0 aliphatic carbocycles. The minimum atomic E-state index is -1.21. The first kappa shape index (κ1) is 20.4. The van der Waals surface area contributed by atoms with Gasteiger partial charge >= 0.3 is 0 Å². The summed E-state index contributed by atoms with van der Waals surface area (Å²) in [5, 5.41) is 0. The highest BCUT2D eigenvalue weighted by atomic mass is 19.1. The molecule has 2 heterocycles. The highest BCUT2D eigenvalue weighted by Crippen LogP contribution is 2.31. The Morgan fingerprint density at radius 2 is 1.82 bits per heavy atom. The third-order valence-electron chi connectivity index (χ3n) is 4.91. The molecule has 2 saturated heterocycles. The van der Waals surface area contributed by atoms with Crippen LogP contribution in [0, 0.1) is 0 Å². The molecule has 0 aromatic heterocycles. The number of carbonyl (C=O) groups excluding carboxylic acids is 2. The second kappa shape index (κ2) is 9.23. The van der Waals surface area contributed by atoms with Crippen molar-refractivity contribution in [1.82, 2.24) is 9.80 Å². The summed E-state index contributed by atoms with van der Waals surface area (Å²) in [4.78, 5) is 28.9. The van der Waals surface area contributed by atoms with E-state index >= 15 is 0 Å². The van der Waals surface area contributed by atoms with E-state index in [0.29, 0.717) is 56.6 Å². The second-order valence-corrected chi connectivity index (χ2v) is 6.77. The Hall–Kier alpha value is -2.35. The fourth-order valence-electron chi connectivity index (χ4n) is 3.59. The van der Waals surface area contributed by atoms with Crippen molar-refractivity contribution in [3.05, 3.63) is 23.8 Å². The molecule has 0 spiro atoms. The Kier molecular flexibility index (Phi) is 6.72. The SMILES string of the molecule is CCOc1ccc(C(=O)N2C[C@@H](F)C[C@H]2C(=O)N2CCOCC2)cc1OCC. The molecule has 2 aliphatic heterocycles. The topological polar surface area (TPSA) is 68.3 Å². The quantitative estimate of drug-likeness (QED) is 0.737. The third kappa shape index (κ3) is 4.38. The fourth-order valence-corrected chi connectivity index (χ4v) is 3.59. The average Bonchev–Trinajstić information content (AvgIpc) is 3.11. The van der Waals surface area contributed by atoms with Gasteiger partial charge in [0.05, 0.1) is 33.0 Å². The van der Waals surface area contributed by atoms with Crippen molar-refractivity contribution in [3.8, 4) is 11.5 Å². The van der Waals surface area contributed by atoms with Crippen molar-refractivity contribution in [2.75, 3.05) is 46.1 Å². The normalized spacial score (nSPS) is 22.2. The minimum Gasteiger partial charge on any atom is -0.490 e. The van der Waals surface area contributed by atoms with E-state index in [1.54, 1.807) is 23.1 Å². The average molecular weight is 394 g/mol. The van der Waals surface area contributed by atoms with Gasteiger partial charge in [-0.25, -0.2) is 4.39 Å². The summed E-state index contributed by atoms with van der Waals surface area (Å²) in [7, 11) is 0. The van der Waals surface area contributed by atoms with Gasteiger partial charge in [0.15, 0.2) is 11.5 Å². The molecule has 0 N–H and O–H groups in total. The maximum absolute atomic E-state index is 14.2. The van der Waals surface area contributed by atoms with E-state index < -0.39 is 12.2 Å². The summed E-state index contributed by atoms with van der Waals surface area (Å²) in [5.74, 6) is 0.414. The standard InChI is InChI=1S/C20H27FN2O5/c1-3-27-17-6-5-14(11-18(17)28-4-2)19(24)23-13-15(21)12-16(23)20(25)22-7-9-26-10-8-22/h5-6,11,15-16H,3-4,7-10,12-13H2,1-2H3/t15-,16-/m0/s1. The Labute approximate surface area is 164 Å². The van der Waals surface area contributed by atoms with Crippen LogP contribution in [0.5, 0.6) is 11.5 Å². The smallest absolute Gasteiger partial charge is 0.254 e. The highest BCUT2D eigenvalue weighted by molar-refractivity contribution is 5.98. The van der Waals surface area contributed by atoms with Gasteiger partial charge in [-0.3, -0.25) is 9.59 Å². The number of halogens is 1. The molecule has 0 saturated carbocycles. The van der Waals surface area contributed by atoms with Crippen molar-refractivity contribution >= 4 is 11.8 Å². The predicted molar refractivity (Wildman–Crippen MR) is 101 cm³/mol. The van der Waals surface area contributed by atoms with Gasteiger partial charge in [-0.2, -0.15) is 0 Å². The van der Waals surface area contributed by atoms with Crippen molar-refractivity contribution in [1.29, 1.82) is 0 Å². The molecule has 2 aliphatic rings. The summed E-state index contributed by atoms with van der Waals surface area (Å²) in [5.41, 5.74) is 0.348. The second-order valence-electron chi connectivity index (χ2n) is 6.77. The number of benzene rings is 1. The van der Waals surface area contributed by atoms with Crippen LogP contribution in [0.25, 0.3) is 0 Å². The van der Waals surface area contributed by atoms with Gasteiger partial charge in [0.2, 0.25) is 5.91 Å². The van der Waals surface area contributed by atoms with Crippen LogP contribution in [0.3, 0.4) is 0 Å². The van der Waals surface area contributed by atoms with Crippen molar-refractivity contribution in [2.24, 2.45) is 0 Å². The first-order valence-electron chi connectivity index (χ1n) is 9.76. The molecule has 0 unspecified atom stereocenters. The van der Waals surface area contributed by atoms with E-state index in [0.717, 1.165) is 0 Å². The molecular formula is C20H27FN2O5. The number of rotatable bonds is 6. The molecule has 2 atom stereocenters. The van der Waals surface area contributed by atoms with E-state index in [1.165, 1.54) is 4.90 Å². The minimum absolute atomic E-state index is 0.0251. The largest absolute Gasteiger partial charge is 0.490 e. The molecule has 8 heteroatoms. The first-order chi connectivity index (χ1) is 13.5. The molecule has 0 radical (unpaired) electrons. The summed E-state index contributed by atoms with van der Waals surface area (Å²) in [6.07, 6.45) is -1.19. The van der Waals surface area contributed by atoms with Crippen LogP contribution < -0.4 is 9.47 Å². The first-order valence-corrected chi connectivity index (χ1v) is 9.76. The Balaban J connectivity index is 1.81. The molecule has 28 heavy (non-hydrogen) atoms. The van der Waals surface area contributed by atoms with Crippen LogP contribution in [-0.4, -0.2) is 79.9 Å². The number of hydrogen-bond donors (Lipinski definition) is 0. The van der Waals surface area contributed by atoms with Crippen LogP contribution in [0.15, 0.2) is 18.2 Å². The lowest BCUT2D eigenvalue weighted by Gasteiger charge is -2.32. The van der Waals surface area contributed by atoms with Crippen LogP contribution in [0.4, 0.5) is 4.39 Å². The molecule has 1 aromatic carbocycles. The van der Waals surface area contributed by atoms with Gasteiger partial charge in [-0.15, -0.1) is 0 Å². The summed E-state index contributed by atoms with van der Waals surface area (Å²) in [6.45, 7) is 6.36. The zero-order valence-electron chi connectivity index (χ0n) is 16.4. The maximum Gasteiger partial charge on any atom is 0.254 e. The number of carbonyl (C=O) groups is 2. The van der Waals surface area contributed by atoms with E-state index in [4.69, 9.17) is 14.2 Å². The zero-order valence-corrected chi connectivity index (χ0v) is 16.4. The lowest BCUT2D eigenvalue weighted by Crippen LogP contribution is -2.51. The van der Waals surface area contributed by atoms with E-state index in [2.05, 4.69) is 0 Å². The fraction of sp³-hybridized carbons (Fsp3) is 0.600. The molecule has 1 aromatic rings. The lowest BCUT2D eigenvalue weighted by atomic mass is 10.1. The molecule has 2 fully saturated rings. The Morgan fingerprint density at radius 1 is 1.14 bits per heavy atom. The monoisotopic (exact) mass is 394 g/mol. The summed E-state index contributed by atoms with van der Waals surface area (Å²) in [6, 6.07) is 4.10. The Morgan fingerprint density at radius 3 is 2.50 bits per heavy atom. The van der Waals surface area contributed by atoms with Gasteiger partial charge in [0.25, 0.3) is 5.91 Å². The lowest BCUT2D eigenvalue weighted by molar-refractivity contribution is -0.139. The van der Waals surface area contributed by atoms with Crippen LogP contribution >= 0.6 is 0 Å². The number of nitrogens with zero attached hydrogens (tertiary/aromatic N) is 2. The predicted octanol–water partition coefficient (Wildman–Crippen LogP) is 1.90. The zero-order chi connectivity index (χ0) is 20.1. The maximum atomic E-state index is 14.2. The number of ether oxygens (including phenoxy) is 3. The third-order valence-corrected chi connectivity index (χ3v) is 4.91. The van der Waals surface area contributed by atoms with E-state index in [1.807, 2.05) is 13.8 Å². The number of hydrogen-bond acceptors (Lipinski definition) is 5. The summed E-state index contributed by atoms with van der Waals surface area (Å²) >= 11 is 0. The molecule has 2 amide bonds. The molecule has 3 rings (SSSR count). The van der Waals surface area contributed by atoms with E-state index in [9.17, 15) is 14.0 Å². The number of amides is 2. The molecule has 154 valence electrons. The van der Waals surface area contributed by atoms with Gasteiger partial charge in [-0.05, 0) is 32.0 Å².